The van der Waals surface area contributed by atoms with Crippen molar-refractivity contribution in [1.29, 1.82) is 0 Å². The number of nitrogens with one attached hydrogen (secondary N) is 1. The second-order valence-electron chi connectivity index (χ2n) is 10.8. The molecule has 3 aromatic carbocycles. The van der Waals surface area contributed by atoms with Gasteiger partial charge in [-0.3, -0.25) is 13.9 Å². The van der Waals surface area contributed by atoms with Crippen LogP contribution in [-0.2, 0) is 26.2 Å². The Morgan fingerprint density at radius 1 is 0.929 bits per heavy atom. The van der Waals surface area contributed by atoms with E-state index in [1.54, 1.807) is 61.5 Å². The first-order valence-corrected chi connectivity index (χ1v) is 16.4. The van der Waals surface area contributed by atoms with Crippen LogP contribution in [0.15, 0.2) is 71.6 Å². The van der Waals surface area contributed by atoms with Gasteiger partial charge in [0.25, 0.3) is 10.0 Å². The number of nitrogens with zero attached hydrogens (tertiary/aromatic N) is 2. The van der Waals surface area contributed by atoms with Gasteiger partial charge in [0.05, 0.1) is 10.6 Å². The maximum absolute atomic E-state index is 14.2. The van der Waals surface area contributed by atoms with Crippen LogP contribution in [0.25, 0.3) is 0 Å². The van der Waals surface area contributed by atoms with Crippen molar-refractivity contribution < 1.29 is 18.0 Å². The van der Waals surface area contributed by atoms with Gasteiger partial charge in [0.1, 0.15) is 12.6 Å². The highest BCUT2D eigenvalue weighted by molar-refractivity contribution is 7.92. The van der Waals surface area contributed by atoms with Gasteiger partial charge in [0, 0.05) is 22.6 Å². The molecule has 224 valence electrons. The molecule has 7 nitrogen and oxygen atoms in total. The third kappa shape index (κ3) is 7.65. The molecule has 0 heterocycles. The third-order valence-corrected chi connectivity index (χ3v) is 9.93. The lowest BCUT2D eigenvalue weighted by Crippen LogP contribution is -2.53. The van der Waals surface area contributed by atoms with Crippen LogP contribution in [0.1, 0.15) is 55.7 Å². The summed E-state index contributed by atoms with van der Waals surface area (Å²) in [6.07, 6.45) is 4.29. The first-order valence-electron chi connectivity index (χ1n) is 14.2. The first-order chi connectivity index (χ1) is 20.0. The second kappa shape index (κ2) is 13.9. The van der Waals surface area contributed by atoms with Crippen LogP contribution in [0.4, 0.5) is 5.69 Å². The summed E-state index contributed by atoms with van der Waals surface area (Å²) in [6, 6.07) is 17.7. The minimum atomic E-state index is -4.16. The summed E-state index contributed by atoms with van der Waals surface area (Å²) < 4.78 is 29.2. The molecule has 10 heteroatoms. The Morgan fingerprint density at radius 2 is 1.55 bits per heavy atom. The minimum absolute atomic E-state index is 0.0607. The molecule has 0 aliphatic heterocycles. The van der Waals surface area contributed by atoms with Crippen molar-refractivity contribution in [2.45, 2.75) is 76.4 Å². The maximum atomic E-state index is 14.2. The highest BCUT2D eigenvalue weighted by Gasteiger charge is 2.35. The lowest BCUT2D eigenvalue weighted by Gasteiger charge is -2.34. The largest absolute Gasteiger partial charge is 0.352 e. The monoisotopic (exact) mass is 629 g/mol. The average Bonchev–Trinajstić information content (AvgIpc) is 3.46. The van der Waals surface area contributed by atoms with Crippen LogP contribution >= 0.6 is 23.2 Å². The fraction of sp³-hybridized carbons (Fsp3) is 0.375. The molecule has 1 N–H and O–H groups in total. The highest BCUT2D eigenvalue weighted by Crippen LogP contribution is 2.30. The van der Waals surface area contributed by atoms with Crippen molar-refractivity contribution in [3.05, 3.63) is 93.5 Å². The predicted molar refractivity (Wildman–Crippen MR) is 168 cm³/mol. The van der Waals surface area contributed by atoms with Crippen LogP contribution in [0.2, 0.25) is 10.0 Å². The smallest absolute Gasteiger partial charge is 0.264 e. The second-order valence-corrected chi connectivity index (χ2v) is 13.6. The van der Waals surface area contributed by atoms with Crippen molar-refractivity contribution in [2.24, 2.45) is 0 Å². The Kier molecular flexibility index (Phi) is 10.6. The summed E-state index contributed by atoms with van der Waals surface area (Å²) in [7, 11) is -4.16. The Balaban J connectivity index is 1.73. The molecule has 0 spiro atoms. The van der Waals surface area contributed by atoms with Crippen molar-refractivity contribution in [2.75, 3.05) is 10.8 Å². The molecule has 4 rings (SSSR count). The predicted octanol–water partition coefficient (Wildman–Crippen LogP) is 6.67. The number of hydrogen-bond acceptors (Lipinski definition) is 4. The Hall–Kier alpha value is -3.07. The third-order valence-electron chi connectivity index (χ3n) is 7.67. The molecule has 0 unspecified atom stereocenters. The summed E-state index contributed by atoms with van der Waals surface area (Å²) in [6.45, 7) is 5.09. The van der Waals surface area contributed by atoms with Crippen LogP contribution in [-0.4, -0.2) is 43.8 Å². The Bertz CT molecular complexity index is 1510. The molecule has 1 aliphatic carbocycles. The topological polar surface area (TPSA) is 86.8 Å². The molecular formula is C32H37Cl2N3O4S. The molecule has 0 radical (unpaired) electrons. The summed E-state index contributed by atoms with van der Waals surface area (Å²) in [5.74, 6) is -0.731. The van der Waals surface area contributed by atoms with E-state index in [-0.39, 0.29) is 23.4 Å². The fourth-order valence-corrected chi connectivity index (χ4v) is 7.15. The lowest BCUT2D eigenvalue weighted by atomic mass is 10.1. The molecule has 1 saturated carbocycles. The minimum Gasteiger partial charge on any atom is -0.352 e. The zero-order valence-corrected chi connectivity index (χ0v) is 26.5. The summed E-state index contributed by atoms with van der Waals surface area (Å²) in [5.41, 5.74) is 2.62. The van der Waals surface area contributed by atoms with Gasteiger partial charge in [-0.1, -0.05) is 72.8 Å². The van der Waals surface area contributed by atoms with E-state index in [4.69, 9.17) is 23.2 Å². The number of halogens is 2. The SMILES string of the molecule is CC[C@H](C(=O)NC1CCCC1)N(Cc1ccc(Cl)cc1)C(=O)CN(c1ccc(Cl)cc1C)S(=O)(=O)c1ccc(C)cc1. The van der Waals surface area contributed by atoms with E-state index in [0.717, 1.165) is 41.1 Å². The van der Waals surface area contributed by atoms with Gasteiger partial charge in [-0.15, -0.1) is 0 Å². The van der Waals surface area contributed by atoms with Gasteiger partial charge in [0.2, 0.25) is 11.8 Å². The number of amides is 2. The molecule has 3 aromatic rings. The average molecular weight is 631 g/mol. The Labute approximate surface area is 258 Å². The van der Waals surface area contributed by atoms with Gasteiger partial charge >= 0.3 is 0 Å². The van der Waals surface area contributed by atoms with E-state index in [1.807, 2.05) is 13.8 Å². The van der Waals surface area contributed by atoms with Crippen LogP contribution in [0.5, 0.6) is 0 Å². The zero-order valence-electron chi connectivity index (χ0n) is 24.1. The summed E-state index contributed by atoms with van der Waals surface area (Å²) in [5, 5.41) is 4.13. The number of sulfonamides is 1. The summed E-state index contributed by atoms with van der Waals surface area (Å²) in [4.78, 5) is 29.3. The van der Waals surface area contributed by atoms with Crippen molar-refractivity contribution >= 4 is 50.7 Å². The van der Waals surface area contributed by atoms with Gasteiger partial charge in [-0.2, -0.15) is 0 Å². The molecule has 0 bridgehead atoms. The zero-order chi connectivity index (χ0) is 30.4. The number of carbonyl (C=O) groups is 2. The van der Waals surface area contributed by atoms with E-state index in [2.05, 4.69) is 5.32 Å². The van der Waals surface area contributed by atoms with E-state index in [9.17, 15) is 18.0 Å². The van der Waals surface area contributed by atoms with Crippen LogP contribution in [0.3, 0.4) is 0 Å². The maximum Gasteiger partial charge on any atom is 0.264 e. The van der Waals surface area contributed by atoms with Gasteiger partial charge < -0.3 is 10.2 Å². The van der Waals surface area contributed by atoms with Gasteiger partial charge in [0.15, 0.2) is 0 Å². The molecular weight excluding hydrogens is 593 g/mol. The molecule has 42 heavy (non-hydrogen) atoms. The van der Waals surface area contributed by atoms with Crippen LogP contribution in [0, 0.1) is 13.8 Å². The quantitative estimate of drug-likeness (QED) is 0.256. The first kappa shape index (κ1) is 31.9. The summed E-state index contributed by atoms with van der Waals surface area (Å²) >= 11 is 12.3. The van der Waals surface area contributed by atoms with Crippen molar-refractivity contribution in [3.8, 4) is 0 Å². The number of carbonyl (C=O) groups excluding carboxylic acids is 2. The van der Waals surface area contributed by atoms with Crippen molar-refractivity contribution in [1.82, 2.24) is 10.2 Å². The molecule has 2 amide bonds. The molecule has 1 atom stereocenters. The van der Waals surface area contributed by atoms with Gasteiger partial charge in [-0.25, -0.2) is 8.42 Å². The highest BCUT2D eigenvalue weighted by atomic mass is 35.5. The van der Waals surface area contributed by atoms with E-state index < -0.39 is 28.5 Å². The fourth-order valence-electron chi connectivity index (χ4n) is 5.32. The Morgan fingerprint density at radius 3 is 2.14 bits per heavy atom. The van der Waals surface area contributed by atoms with E-state index in [0.29, 0.717) is 27.7 Å². The number of anilines is 1. The number of hydrogen-bond donors (Lipinski definition) is 1. The van der Waals surface area contributed by atoms with Gasteiger partial charge in [-0.05, 0) is 86.7 Å². The number of benzene rings is 3. The molecule has 0 aromatic heterocycles. The molecule has 1 fully saturated rings. The normalized spacial score (nSPS) is 14.4. The lowest BCUT2D eigenvalue weighted by molar-refractivity contribution is -0.140. The van der Waals surface area contributed by atoms with E-state index in [1.165, 1.54) is 17.0 Å². The molecule has 1 aliphatic rings. The van der Waals surface area contributed by atoms with Crippen LogP contribution < -0.4 is 9.62 Å². The van der Waals surface area contributed by atoms with Crippen molar-refractivity contribution in [3.63, 3.8) is 0 Å². The number of aryl methyl sites for hydroxylation is 2. The molecule has 0 saturated heterocycles. The number of rotatable bonds is 11. The van der Waals surface area contributed by atoms with E-state index >= 15 is 0 Å². The standard InChI is InChI=1S/C32H37Cl2N3O4S/c1-4-29(32(39)35-27-7-5-6-8-27)36(20-24-11-13-25(33)14-12-24)31(38)21-37(30-18-15-26(34)19-23(30)3)42(40,41)28-16-9-22(2)10-17-28/h9-19,27,29H,4-8,20-21H2,1-3H3,(H,35,39)/t29-/m1/s1.